The van der Waals surface area contributed by atoms with Crippen molar-refractivity contribution in [2.24, 2.45) is 0 Å². The van der Waals surface area contributed by atoms with Gasteiger partial charge in [0.15, 0.2) is 6.61 Å². The molecule has 0 aliphatic carbocycles. The van der Waals surface area contributed by atoms with Crippen LogP contribution in [-0.2, 0) is 16.1 Å². The second-order valence-corrected chi connectivity index (χ2v) is 8.88. The van der Waals surface area contributed by atoms with Gasteiger partial charge in [-0.3, -0.25) is 9.59 Å². The number of ether oxygens (including phenoxy) is 1. The van der Waals surface area contributed by atoms with E-state index in [0.717, 1.165) is 17.5 Å². The Morgan fingerprint density at radius 1 is 1.03 bits per heavy atom. The number of nitrogens with zero attached hydrogens (tertiary/aromatic N) is 1. The van der Waals surface area contributed by atoms with E-state index in [2.05, 4.69) is 5.32 Å². The van der Waals surface area contributed by atoms with E-state index < -0.39 is 6.04 Å². The average molecular weight is 479 g/mol. The number of amides is 2. The Balaban J connectivity index is 2.26. The van der Waals surface area contributed by atoms with E-state index >= 15 is 0 Å². The molecule has 0 aromatic heterocycles. The number of nitrogens with one attached hydrogen (secondary N) is 1. The fourth-order valence-electron chi connectivity index (χ4n) is 3.23. The highest BCUT2D eigenvalue weighted by atomic mass is 35.5. The molecule has 2 aromatic rings. The molecule has 174 valence electrons. The minimum Gasteiger partial charge on any atom is -0.484 e. The number of aryl methyl sites for hydroxylation is 2. The number of halogens is 2. The lowest BCUT2D eigenvalue weighted by atomic mass is 10.1. The first kappa shape index (κ1) is 26.0. The maximum absolute atomic E-state index is 13.3. The standard InChI is InChI=1S/C25H32Cl2N2O3/c1-6-18(5)28-25(31)23(7-2)29(14-19-9-10-20(26)13-22(19)27)24(30)15-32-21-11-8-16(3)17(4)12-21/h8-13,18,23H,6-7,14-15H2,1-5H3,(H,28,31)/t18-,23+/m0/s1. The molecule has 0 aliphatic heterocycles. The van der Waals surface area contributed by atoms with Crippen molar-refractivity contribution in [3.05, 3.63) is 63.1 Å². The highest BCUT2D eigenvalue weighted by Gasteiger charge is 2.30. The zero-order valence-electron chi connectivity index (χ0n) is 19.4. The van der Waals surface area contributed by atoms with Crippen LogP contribution in [0.5, 0.6) is 5.75 Å². The first-order chi connectivity index (χ1) is 15.2. The number of carbonyl (C=O) groups is 2. The van der Waals surface area contributed by atoms with Crippen LogP contribution in [0.25, 0.3) is 0 Å². The first-order valence-electron chi connectivity index (χ1n) is 10.9. The average Bonchev–Trinajstić information content (AvgIpc) is 2.75. The quantitative estimate of drug-likeness (QED) is 0.475. The van der Waals surface area contributed by atoms with Crippen molar-refractivity contribution in [3.8, 4) is 5.75 Å². The SMILES string of the molecule is CC[C@H](C(=O)N[C@@H](C)CC)N(Cc1ccc(Cl)cc1Cl)C(=O)COc1ccc(C)c(C)c1. The lowest BCUT2D eigenvalue weighted by Crippen LogP contribution is -2.51. The van der Waals surface area contributed by atoms with Crippen LogP contribution in [0.3, 0.4) is 0 Å². The predicted molar refractivity (Wildman–Crippen MR) is 130 cm³/mol. The highest BCUT2D eigenvalue weighted by molar-refractivity contribution is 6.35. The normalized spacial score (nSPS) is 12.7. The number of carbonyl (C=O) groups excluding carboxylic acids is 2. The van der Waals surface area contributed by atoms with Crippen molar-refractivity contribution in [3.63, 3.8) is 0 Å². The Kier molecular flexibility index (Phi) is 9.85. The van der Waals surface area contributed by atoms with E-state index in [0.29, 0.717) is 27.8 Å². The van der Waals surface area contributed by atoms with Crippen molar-refractivity contribution in [2.45, 2.75) is 66.1 Å². The van der Waals surface area contributed by atoms with E-state index in [1.807, 2.05) is 52.8 Å². The summed E-state index contributed by atoms with van der Waals surface area (Å²) in [6.07, 6.45) is 1.26. The summed E-state index contributed by atoms with van der Waals surface area (Å²) in [5.74, 6) is 0.134. The molecule has 0 bridgehead atoms. The van der Waals surface area contributed by atoms with E-state index in [1.165, 1.54) is 4.90 Å². The molecule has 0 fully saturated rings. The number of hydrogen-bond acceptors (Lipinski definition) is 3. The van der Waals surface area contributed by atoms with Gasteiger partial charge in [0.2, 0.25) is 5.91 Å². The largest absolute Gasteiger partial charge is 0.484 e. The summed E-state index contributed by atoms with van der Waals surface area (Å²) < 4.78 is 5.77. The Morgan fingerprint density at radius 3 is 2.34 bits per heavy atom. The number of hydrogen-bond donors (Lipinski definition) is 1. The Morgan fingerprint density at radius 2 is 1.75 bits per heavy atom. The molecule has 2 atom stereocenters. The van der Waals surface area contributed by atoms with E-state index in [-0.39, 0.29) is 31.0 Å². The minimum absolute atomic E-state index is 0.0133. The van der Waals surface area contributed by atoms with Gasteiger partial charge >= 0.3 is 0 Å². The Labute approximate surface area is 201 Å². The highest BCUT2D eigenvalue weighted by Crippen LogP contribution is 2.24. The third-order valence-electron chi connectivity index (χ3n) is 5.58. The molecule has 7 heteroatoms. The first-order valence-corrected chi connectivity index (χ1v) is 11.7. The second-order valence-electron chi connectivity index (χ2n) is 8.03. The third-order valence-corrected chi connectivity index (χ3v) is 6.17. The molecular weight excluding hydrogens is 447 g/mol. The Bertz CT molecular complexity index is 949. The molecule has 0 aliphatic rings. The van der Waals surface area contributed by atoms with Gasteiger partial charge in [0, 0.05) is 22.6 Å². The summed E-state index contributed by atoms with van der Waals surface area (Å²) in [6.45, 7) is 9.83. The second kappa shape index (κ2) is 12.1. The van der Waals surface area contributed by atoms with Gasteiger partial charge in [0.05, 0.1) is 0 Å². The summed E-state index contributed by atoms with van der Waals surface area (Å²) in [5, 5.41) is 3.94. The van der Waals surface area contributed by atoms with E-state index in [4.69, 9.17) is 27.9 Å². The molecule has 0 saturated heterocycles. The third kappa shape index (κ3) is 7.14. The number of benzene rings is 2. The molecule has 5 nitrogen and oxygen atoms in total. The fourth-order valence-corrected chi connectivity index (χ4v) is 3.69. The van der Waals surface area contributed by atoms with Crippen LogP contribution in [-0.4, -0.2) is 35.4 Å². The fraction of sp³-hybridized carbons (Fsp3) is 0.440. The maximum Gasteiger partial charge on any atom is 0.261 e. The molecule has 32 heavy (non-hydrogen) atoms. The summed E-state index contributed by atoms with van der Waals surface area (Å²) in [6, 6.07) is 10.2. The zero-order chi connectivity index (χ0) is 23.8. The topological polar surface area (TPSA) is 58.6 Å². The predicted octanol–water partition coefficient (Wildman–Crippen LogP) is 5.71. The van der Waals surface area contributed by atoms with Crippen LogP contribution in [0.4, 0.5) is 0 Å². The van der Waals surface area contributed by atoms with E-state index in [1.54, 1.807) is 18.2 Å². The molecule has 0 radical (unpaired) electrons. The van der Waals surface area contributed by atoms with Crippen LogP contribution in [0.2, 0.25) is 10.0 Å². The molecule has 2 amide bonds. The summed E-state index contributed by atoms with van der Waals surface area (Å²) in [4.78, 5) is 27.8. The zero-order valence-corrected chi connectivity index (χ0v) is 20.9. The van der Waals surface area contributed by atoms with Crippen molar-refractivity contribution in [1.29, 1.82) is 0 Å². The van der Waals surface area contributed by atoms with Crippen molar-refractivity contribution >= 4 is 35.0 Å². The molecular formula is C25H32Cl2N2O3. The summed E-state index contributed by atoms with van der Waals surface area (Å²) in [7, 11) is 0. The van der Waals surface area contributed by atoms with Gasteiger partial charge in [0.1, 0.15) is 11.8 Å². The summed E-state index contributed by atoms with van der Waals surface area (Å²) in [5.41, 5.74) is 2.94. The monoisotopic (exact) mass is 478 g/mol. The van der Waals surface area contributed by atoms with Crippen LogP contribution >= 0.6 is 23.2 Å². The van der Waals surface area contributed by atoms with Gasteiger partial charge in [-0.2, -0.15) is 0 Å². The number of rotatable bonds is 10. The van der Waals surface area contributed by atoms with Gasteiger partial charge in [0.25, 0.3) is 5.91 Å². The van der Waals surface area contributed by atoms with Gasteiger partial charge in [-0.05, 0) is 74.6 Å². The molecule has 2 aromatic carbocycles. The molecule has 0 unspecified atom stereocenters. The Hall–Kier alpha value is -2.24. The molecule has 0 saturated carbocycles. The van der Waals surface area contributed by atoms with Crippen LogP contribution in [0.15, 0.2) is 36.4 Å². The molecule has 0 spiro atoms. The molecule has 1 N–H and O–H groups in total. The summed E-state index contributed by atoms with van der Waals surface area (Å²) >= 11 is 12.4. The maximum atomic E-state index is 13.3. The smallest absolute Gasteiger partial charge is 0.261 e. The van der Waals surface area contributed by atoms with Crippen molar-refractivity contribution in [1.82, 2.24) is 10.2 Å². The molecule has 0 heterocycles. The van der Waals surface area contributed by atoms with Crippen LogP contribution < -0.4 is 10.1 Å². The van der Waals surface area contributed by atoms with Crippen molar-refractivity contribution in [2.75, 3.05) is 6.61 Å². The van der Waals surface area contributed by atoms with Crippen molar-refractivity contribution < 1.29 is 14.3 Å². The van der Waals surface area contributed by atoms with Gasteiger partial charge in [-0.25, -0.2) is 0 Å². The van der Waals surface area contributed by atoms with E-state index in [9.17, 15) is 9.59 Å². The van der Waals surface area contributed by atoms with Gasteiger partial charge in [-0.15, -0.1) is 0 Å². The lowest BCUT2D eigenvalue weighted by molar-refractivity contribution is -0.143. The van der Waals surface area contributed by atoms with Crippen LogP contribution in [0, 0.1) is 13.8 Å². The lowest BCUT2D eigenvalue weighted by Gasteiger charge is -2.31. The molecule has 2 rings (SSSR count). The van der Waals surface area contributed by atoms with Gasteiger partial charge in [-0.1, -0.05) is 49.2 Å². The minimum atomic E-state index is -0.647. The van der Waals surface area contributed by atoms with Crippen LogP contribution in [0.1, 0.15) is 50.3 Å². The van der Waals surface area contributed by atoms with Gasteiger partial charge < -0.3 is 15.0 Å².